The average Bonchev–Trinajstić information content (AvgIpc) is 3.31. The van der Waals surface area contributed by atoms with E-state index in [1.165, 1.54) is 17.7 Å². The quantitative estimate of drug-likeness (QED) is 0.802. The van der Waals surface area contributed by atoms with Crippen LogP contribution in [0.1, 0.15) is 31.4 Å². The summed E-state index contributed by atoms with van der Waals surface area (Å²) in [5.74, 6) is 1.59. The van der Waals surface area contributed by atoms with Crippen molar-refractivity contribution in [2.24, 2.45) is 5.92 Å². The van der Waals surface area contributed by atoms with Gasteiger partial charge in [-0.2, -0.15) is 0 Å². The van der Waals surface area contributed by atoms with Crippen LogP contribution in [0.5, 0.6) is 11.6 Å². The second-order valence-corrected chi connectivity index (χ2v) is 6.98. The second kappa shape index (κ2) is 6.90. The van der Waals surface area contributed by atoms with Crippen molar-refractivity contribution in [1.29, 1.82) is 0 Å². The van der Waals surface area contributed by atoms with Gasteiger partial charge >= 0.3 is 0 Å². The van der Waals surface area contributed by atoms with Gasteiger partial charge in [-0.25, -0.2) is 4.98 Å². The number of hydrogen-bond acceptors (Lipinski definition) is 5. The number of carbonyl (C=O) groups excluding carboxylic acids is 2. The minimum Gasteiger partial charge on any atom is -0.482 e. The number of pyridine rings is 1. The van der Waals surface area contributed by atoms with E-state index >= 15 is 0 Å². The Morgan fingerprint density at radius 2 is 2.08 bits per heavy atom. The van der Waals surface area contributed by atoms with Crippen LogP contribution in [0.4, 0.5) is 0 Å². The van der Waals surface area contributed by atoms with Crippen LogP contribution in [0.2, 0.25) is 0 Å². The summed E-state index contributed by atoms with van der Waals surface area (Å²) in [6.45, 7) is 2.54. The summed E-state index contributed by atoms with van der Waals surface area (Å²) in [7, 11) is 0. The fourth-order valence-corrected chi connectivity index (χ4v) is 3.15. The fraction of sp³-hybridized carbons (Fsp3) is 0.611. The Labute approximate surface area is 146 Å². The average molecular weight is 345 g/mol. The topological polar surface area (TPSA) is 72.0 Å². The van der Waals surface area contributed by atoms with Crippen LogP contribution in [-0.4, -0.2) is 59.4 Å². The molecule has 7 heteroatoms. The Bertz CT molecular complexity index is 668. The fourth-order valence-electron chi connectivity index (χ4n) is 3.15. The first-order valence-electron chi connectivity index (χ1n) is 9.00. The number of likely N-dealkylation sites (tertiary alicyclic amines) is 1. The molecule has 0 bridgehead atoms. The summed E-state index contributed by atoms with van der Waals surface area (Å²) in [6, 6.07) is 3.57. The van der Waals surface area contributed by atoms with E-state index in [-0.39, 0.29) is 31.5 Å². The van der Waals surface area contributed by atoms with Crippen molar-refractivity contribution in [2.75, 3.05) is 32.8 Å². The maximum absolute atomic E-state index is 12.4. The Morgan fingerprint density at radius 1 is 1.28 bits per heavy atom. The number of fused-ring (bicyclic) bond motifs is 1. The van der Waals surface area contributed by atoms with E-state index in [1.54, 1.807) is 12.1 Å². The van der Waals surface area contributed by atoms with E-state index in [4.69, 9.17) is 9.47 Å². The first kappa shape index (κ1) is 16.2. The van der Waals surface area contributed by atoms with Crippen LogP contribution in [-0.2, 0) is 16.1 Å². The van der Waals surface area contributed by atoms with Gasteiger partial charge in [-0.05, 0) is 37.7 Å². The summed E-state index contributed by atoms with van der Waals surface area (Å²) >= 11 is 0. The Kier molecular flexibility index (Phi) is 4.46. The Hall–Kier alpha value is -2.31. The highest BCUT2D eigenvalue weighted by Gasteiger charge is 2.28. The minimum atomic E-state index is -0.189. The number of hydrogen-bond donors (Lipinski definition) is 0. The van der Waals surface area contributed by atoms with Gasteiger partial charge in [0, 0.05) is 19.2 Å². The first-order valence-corrected chi connectivity index (χ1v) is 9.00. The number of nitrogens with zero attached hydrogens (tertiary/aromatic N) is 3. The van der Waals surface area contributed by atoms with Crippen LogP contribution in [0.3, 0.4) is 0 Å². The Balaban J connectivity index is 1.45. The molecule has 2 fully saturated rings. The molecule has 0 N–H and O–H groups in total. The SMILES string of the molecule is O=C(CN1Cc2nc(OCC3CC3)ccc2OCC1=O)N1CCCC1. The van der Waals surface area contributed by atoms with Gasteiger partial charge in [-0.1, -0.05) is 0 Å². The molecule has 1 saturated carbocycles. The summed E-state index contributed by atoms with van der Waals surface area (Å²) in [6.07, 6.45) is 4.51. The van der Waals surface area contributed by atoms with Gasteiger partial charge in [0.05, 0.1) is 13.2 Å². The molecular weight excluding hydrogens is 322 g/mol. The standard InChI is InChI=1S/C18H23N3O4/c22-17(20-7-1-2-8-20)10-21-9-14-15(24-12-18(21)23)5-6-16(19-14)25-11-13-3-4-13/h5-6,13H,1-4,7-12H2. The third kappa shape index (κ3) is 3.86. The molecule has 134 valence electrons. The van der Waals surface area contributed by atoms with Crippen molar-refractivity contribution >= 4 is 11.8 Å². The number of ether oxygens (including phenoxy) is 2. The molecular formula is C18H23N3O4. The highest BCUT2D eigenvalue weighted by atomic mass is 16.5. The predicted octanol–water partition coefficient (Wildman–Crippen LogP) is 1.21. The molecule has 4 rings (SSSR count). The van der Waals surface area contributed by atoms with Crippen molar-refractivity contribution in [2.45, 2.75) is 32.2 Å². The van der Waals surface area contributed by atoms with Crippen LogP contribution < -0.4 is 9.47 Å². The van der Waals surface area contributed by atoms with E-state index in [9.17, 15) is 9.59 Å². The zero-order chi connectivity index (χ0) is 17.2. The van der Waals surface area contributed by atoms with E-state index in [0.717, 1.165) is 25.9 Å². The molecule has 2 aliphatic heterocycles. The van der Waals surface area contributed by atoms with Gasteiger partial charge in [-0.15, -0.1) is 0 Å². The van der Waals surface area contributed by atoms with E-state index in [2.05, 4.69) is 4.98 Å². The normalized spacial score (nSPS) is 20.1. The molecule has 3 heterocycles. The number of carbonyl (C=O) groups is 2. The zero-order valence-electron chi connectivity index (χ0n) is 14.3. The van der Waals surface area contributed by atoms with Gasteiger partial charge in [0.15, 0.2) is 6.61 Å². The molecule has 1 aromatic heterocycles. The summed E-state index contributed by atoms with van der Waals surface area (Å²) in [5, 5.41) is 0. The van der Waals surface area contributed by atoms with Crippen LogP contribution in [0.25, 0.3) is 0 Å². The van der Waals surface area contributed by atoms with Crippen molar-refractivity contribution in [3.8, 4) is 11.6 Å². The van der Waals surface area contributed by atoms with Gasteiger partial charge in [0.2, 0.25) is 11.8 Å². The zero-order valence-corrected chi connectivity index (χ0v) is 14.3. The lowest BCUT2D eigenvalue weighted by Crippen LogP contribution is -2.42. The third-order valence-electron chi connectivity index (χ3n) is 4.90. The van der Waals surface area contributed by atoms with E-state index in [1.807, 2.05) is 4.90 Å². The molecule has 0 aromatic carbocycles. The molecule has 25 heavy (non-hydrogen) atoms. The number of amides is 2. The monoisotopic (exact) mass is 345 g/mol. The highest BCUT2D eigenvalue weighted by Crippen LogP contribution is 2.30. The number of aromatic nitrogens is 1. The maximum atomic E-state index is 12.4. The molecule has 0 radical (unpaired) electrons. The van der Waals surface area contributed by atoms with Crippen molar-refractivity contribution < 1.29 is 19.1 Å². The van der Waals surface area contributed by atoms with E-state index in [0.29, 0.717) is 29.8 Å². The molecule has 0 spiro atoms. The second-order valence-electron chi connectivity index (χ2n) is 6.98. The molecule has 3 aliphatic rings. The van der Waals surface area contributed by atoms with Crippen molar-refractivity contribution in [1.82, 2.24) is 14.8 Å². The predicted molar refractivity (Wildman–Crippen MR) is 89.2 cm³/mol. The number of rotatable bonds is 5. The summed E-state index contributed by atoms with van der Waals surface area (Å²) in [4.78, 5) is 32.5. The van der Waals surface area contributed by atoms with Crippen LogP contribution in [0, 0.1) is 5.92 Å². The maximum Gasteiger partial charge on any atom is 0.261 e. The molecule has 7 nitrogen and oxygen atoms in total. The molecule has 2 amide bonds. The molecule has 1 aromatic rings. The lowest BCUT2D eigenvalue weighted by molar-refractivity contribution is -0.141. The highest BCUT2D eigenvalue weighted by molar-refractivity contribution is 5.86. The van der Waals surface area contributed by atoms with E-state index < -0.39 is 0 Å². The smallest absolute Gasteiger partial charge is 0.261 e. The van der Waals surface area contributed by atoms with Crippen molar-refractivity contribution in [3.05, 3.63) is 17.8 Å². The Morgan fingerprint density at radius 3 is 2.84 bits per heavy atom. The largest absolute Gasteiger partial charge is 0.482 e. The van der Waals surface area contributed by atoms with Crippen LogP contribution in [0.15, 0.2) is 12.1 Å². The lowest BCUT2D eigenvalue weighted by Gasteiger charge is -2.23. The van der Waals surface area contributed by atoms with Gasteiger partial charge in [-0.3, -0.25) is 9.59 Å². The van der Waals surface area contributed by atoms with Gasteiger partial charge < -0.3 is 19.3 Å². The summed E-state index contributed by atoms with van der Waals surface area (Å²) in [5.41, 5.74) is 0.647. The minimum absolute atomic E-state index is 0.00422. The molecule has 0 atom stereocenters. The molecule has 1 aliphatic carbocycles. The first-order chi connectivity index (χ1) is 12.2. The molecule has 0 unspecified atom stereocenters. The lowest BCUT2D eigenvalue weighted by atomic mass is 10.3. The third-order valence-corrected chi connectivity index (χ3v) is 4.90. The summed E-state index contributed by atoms with van der Waals surface area (Å²) < 4.78 is 11.3. The van der Waals surface area contributed by atoms with Crippen molar-refractivity contribution in [3.63, 3.8) is 0 Å². The molecule has 1 saturated heterocycles. The van der Waals surface area contributed by atoms with Gasteiger partial charge in [0.25, 0.3) is 5.91 Å². The van der Waals surface area contributed by atoms with Crippen LogP contribution >= 0.6 is 0 Å². The van der Waals surface area contributed by atoms with Gasteiger partial charge in [0.1, 0.15) is 18.0 Å².